The Bertz CT molecular complexity index is 2370. The Morgan fingerprint density at radius 3 is 2.00 bits per heavy atom. The van der Waals surface area contributed by atoms with E-state index in [-0.39, 0.29) is 28.7 Å². The molecule has 4 aliphatic rings. The van der Waals surface area contributed by atoms with Gasteiger partial charge >= 0.3 is 0 Å². The van der Waals surface area contributed by atoms with Crippen molar-refractivity contribution < 1.29 is 9.59 Å². The van der Waals surface area contributed by atoms with E-state index in [4.69, 9.17) is 4.98 Å². The summed E-state index contributed by atoms with van der Waals surface area (Å²) in [6.45, 7) is 3.09. The highest BCUT2D eigenvalue weighted by Gasteiger charge is 2.55. The Hall–Kier alpha value is -5.83. The van der Waals surface area contributed by atoms with Crippen molar-refractivity contribution in [1.82, 2.24) is 29.7 Å². The molecule has 2 aromatic heterocycles. The molecule has 4 fully saturated rings. The highest BCUT2D eigenvalue weighted by molar-refractivity contribution is 5.93. The van der Waals surface area contributed by atoms with Crippen LogP contribution in [0.4, 0.5) is 5.95 Å². The third-order valence-electron chi connectivity index (χ3n) is 12.7. The van der Waals surface area contributed by atoms with Crippen LogP contribution in [0.15, 0.2) is 116 Å². The number of fused-ring (bicyclic) bond motifs is 1. The molecule has 0 spiro atoms. The lowest BCUT2D eigenvalue weighted by Gasteiger charge is -2.28. The SMILES string of the molecule is O=C(N1CC[C@H](CNc2ncc(-c3ccc4cc(-c5cnc([C@@H]6CCCN6C(=O)C6(c7ccccc7)CC6)[nH]5)ccc4c3)cn2)C1)C1(c2ccccc2)CC1. The maximum absolute atomic E-state index is 13.9. The molecule has 2 amide bonds. The van der Waals surface area contributed by atoms with Gasteiger partial charge in [0.1, 0.15) is 5.82 Å². The number of carbonyl (C=O) groups excluding carboxylic acids is 2. The number of imidazole rings is 1. The Labute approximate surface area is 321 Å². The fraction of sp³-hybridized carbons (Fsp3) is 0.326. The maximum atomic E-state index is 13.9. The predicted octanol–water partition coefficient (Wildman–Crippen LogP) is 8.07. The Kier molecular flexibility index (Phi) is 8.26. The van der Waals surface area contributed by atoms with Crippen LogP contribution in [0.2, 0.25) is 0 Å². The number of aromatic amines is 1. The third kappa shape index (κ3) is 6.15. The predicted molar refractivity (Wildman–Crippen MR) is 214 cm³/mol. The van der Waals surface area contributed by atoms with Crippen molar-refractivity contribution >= 4 is 28.5 Å². The van der Waals surface area contributed by atoms with Crippen molar-refractivity contribution in [3.63, 3.8) is 0 Å². The zero-order valence-electron chi connectivity index (χ0n) is 31.0. The summed E-state index contributed by atoms with van der Waals surface area (Å²) in [5.74, 6) is 2.37. The zero-order valence-corrected chi connectivity index (χ0v) is 31.0. The summed E-state index contributed by atoms with van der Waals surface area (Å²) in [6, 6.07) is 33.4. The van der Waals surface area contributed by atoms with Gasteiger partial charge in [-0.15, -0.1) is 0 Å². The van der Waals surface area contributed by atoms with E-state index in [1.54, 1.807) is 0 Å². The first-order valence-corrected chi connectivity index (χ1v) is 19.9. The number of H-pyrrole nitrogens is 1. The second-order valence-electron chi connectivity index (χ2n) is 16.1. The molecule has 10 rings (SSSR count). The zero-order chi connectivity index (χ0) is 37.0. The van der Waals surface area contributed by atoms with E-state index in [1.807, 2.05) is 55.0 Å². The number of nitrogens with one attached hydrogen (secondary N) is 2. The number of carbonyl (C=O) groups is 2. The van der Waals surface area contributed by atoms with Crippen molar-refractivity contribution in [2.45, 2.75) is 61.8 Å². The number of anilines is 1. The molecule has 4 heterocycles. The summed E-state index contributed by atoms with van der Waals surface area (Å²) < 4.78 is 0. The molecule has 6 aromatic rings. The molecule has 276 valence electrons. The van der Waals surface area contributed by atoms with Gasteiger partial charge in [0.05, 0.1) is 28.8 Å². The van der Waals surface area contributed by atoms with Crippen molar-refractivity contribution in [2.24, 2.45) is 5.92 Å². The van der Waals surface area contributed by atoms with Gasteiger partial charge in [-0.25, -0.2) is 15.0 Å². The standard InChI is InChI=1S/C46H45N7O2/c54-42(45(18-19-45)37-8-3-1-4-9-37)52-23-17-31(30-52)26-48-44-49-27-36(28-50-44)34-14-13-33-25-35(16-15-32(33)24-34)39-29-47-41(51-39)40-12-7-22-53(40)43(55)46(20-21-46)38-10-5-2-6-11-38/h1-6,8-11,13-16,24-25,27-29,31,40H,7,12,17-23,26,30H2,(H,47,51)(H,48,49,50)/t31-,40+/m1/s1. The van der Waals surface area contributed by atoms with Gasteiger partial charge in [0.25, 0.3) is 0 Å². The van der Waals surface area contributed by atoms with Gasteiger partial charge in [-0.1, -0.05) is 84.9 Å². The summed E-state index contributed by atoms with van der Waals surface area (Å²) in [6.07, 6.45) is 12.3. The number of likely N-dealkylation sites (tertiary alicyclic amines) is 2. The van der Waals surface area contributed by atoms with Gasteiger partial charge in [0.2, 0.25) is 17.8 Å². The Morgan fingerprint density at radius 2 is 1.33 bits per heavy atom. The van der Waals surface area contributed by atoms with Gasteiger partial charge in [-0.05, 0) is 90.5 Å². The van der Waals surface area contributed by atoms with Crippen LogP contribution in [0.1, 0.15) is 67.9 Å². The molecule has 2 saturated heterocycles. The molecule has 0 bridgehead atoms. The van der Waals surface area contributed by atoms with E-state index in [1.165, 1.54) is 0 Å². The minimum absolute atomic E-state index is 0.0296. The van der Waals surface area contributed by atoms with Crippen molar-refractivity contribution in [1.29, 1.82) is 0 Å². The molecule has 2 saturated carbocycles. The number of nitrogens with zero attached hydrogens (tertiary/aromatic N) is 5. The van der Waals surface area contributed by atoms with Gasteiger partial charge in [0, 0.05) is 49.7 Å². The number of benzene rings is 4. The first kappa shape index (κ1) is 33.7. The lowest BCUT2D eigenvalue weighted by atomic mass is 9.94. The van der Waals surface area contributed by atoms with Gasteiger partial charge in [0.15, 0.2) is 0 Å². The second kappa shape index (κ2) is 13.5. The highest BCUT2D eigenvalue weighted by Crippen LogP contribution is 2.52. The summed E-state index contributed by atoms with van der Waals surface area (Å²) in [5.41, 5.74) is 5.65. The number of amides is 2. The van der Waals surface area contributed by atoms with Crippen LogP contribution in [-0.2, 0) is 20.4 Å². The van der Waals surface area contributed by atoms with Crippen LogP contribution in [0, 0.1) is 5.92 Å². The molecule has 2 atom stereocenters. The average Bonchev–Trinajstić information content (AvgIpc) is 4.03. The van der Waals surface area contributed by atoms with Gasteiger partial charge < -0.3 is 20.1 Å². The Balaban J connectivity index is 0.768. The van der Waals surface area contributed by atoms with E-state index in [9.17, 15) is 9.59 Å². The first-order chi connectivity index (χ1) is 27.0. The topological polar surface area (TPSA) is 107 Å². The van der Waals surface area contributed by atoms with Gasteiger partial charge in [-0.3, -0.25) is 9.59 Å². The minimum atomic E-state index is -0.369. The summed E-state index contributed by atoms with van der Waals surface area (Å²) in [4.78, 5) is 49.2. The van der Waals surface area contributed by atoms with Crippen LogP contribution in [0.25, 0.3) is 33.2 Å². The number of hydrogen-bond acceptors (Lipinski definition) is 6. The maximum Gasteiger partial charge on any atom is 0.233 e. The third-order valence-corrected chi connectivity index (χ3v) is 12.7. The molecule has 2 aliphatic heterocycles. The van der Waals surface area contributed by atoms with E-state index < -0.39 is 0 Å². The second-order valence-corrected chi connectivity index (χ2v) is 16.1. The van der Waals surface area contributed by atoms with Crippen LogP contribution in [-0.4, -0.2) is 67.7 Å². The van der Waals surface area contributed by atoms with Crippen LogP contribution in [0.5, 0.6) is 0 Å². The molecule has 0 radical (unpaired) electrons. The number of hydrogen-bond donors (Lipinski definition) is 2. The molecule has 4 aromatic carbocycles. The van der Waals surface area contributed by atoms with Crippen LogP contribution < -0.4 is 5.32 Å². The number of aromatic nitrogens is 4. The lowest BCUT2D eigenvalue weighted by molar-refractivity contribution is -0.135. The minimum Gasteiger partial charge on any atom is -0.354 e. The molecular formula is C46H45N7O2. The van der Waals surface area contributed by atoms with Gasteiger partial charge in [-0.2, -0.15) is 0 Å². The molecular weight excluding hydrogens is 683 g/mol. The molecule has 55 heavy (non-hydrogen) atoms. The average molecular weight is 728 g/mol. The summed E-state index contributed by atoms with van der Waals surface area (Å²) >= 11 is 0. The molecule has 2 aliphatic carbocycles. The largest absolute Gasteiger partial charge is 0.354 e. The molecule has 9 nitrogen and oxygen atoms in total. The lowest BCUT2D eigenvalue weighted by Crippen LogP contribution is -2.39. The van der Waals surface area contributed by atoms with Crippen molar-refractivity contribution in [2.75, 3.05) is 31.5 Å². The first-order valence-electron chi connectivity index (χ1n) is 19.9. The van der Waals surface area contributed by atoms with E-state index >= 15 is 0 Å². The van der Waals surface area contributed by atoms with E-state index in [0.717, 1.165) is 121 Å². The van der Waals surface area contributed by atoms with E-state index in [0.29, 0.717) is 11.9 Å². The van der Waals surface area contributed by atoms with Crippen LogP contribution >= 0.6 is 0 Å². The summed E-state index contributed by atoms with van der Waals surface area (Å²) in [7, 11) is 0. The summed E-state index contributed by atoms with van der Waals surface area (Å²) in [5, 5.41) is 5.68. The highest BCUT2D eigenvalue weighted by atomic mass is 16.2. The normalized spacial score (nSPS) is 20.8. The molecule has 2 N–H and O–H groups in total. The quantitative estimate of drug-likeness (QED) is 0.148. The molecule has 0 unspecified atom stereocenters. The van der Waals surface area contributed by atoms with E-state index in [2.05, 4.69) is 90.7 Å². The number of rotatable bonds is 10. The Morgan fingerprint density at radius 1 is 0.691 bits per heavy atom. The smallest absolute Gasteiger partial charge is 0.233 e. The van der Waals surface area contributed by atoms with Crippen molar-refractivity contribution in [3.05, 3.63) is 133 Å². The fourth-order valence-corrected chi connectivity index (χ4v) is 9.12. The monoisotopic (exact) mass is 727 g/mol. The molecule has 9 heteroatoms. The fourth-order valence-electron chi connectivity index (χ4n) is 9.12. The van der Waals surface area contributed by atoms with Crippen LogP contribution in [0.3, 0.4) is 0 Å². The van der Waals surface area contributed by atoms with Crippen molar-refractivity contribution in [3.8, 4) is 22.4 Å².